The molecule has 1 aromatic rings. The third-order valence-corrected chi connectivity index (χ3v) is 6.20. The van der Waals surface area contributed by atoms with Crippen LogP contribution in [0.3, 0.4) is 0 Å². The highest BCUT2D eigenvalue weighted by atomic mass is 19.1. The minimum absolute atomic E-state index is 0.219. The molecule has 25 heavy (non-hydrogen) atoms. The van der Waals surface area contributed by atoms with Gasteiger partial charge in [0, 0.05) is 29.9 Å². The summed E-state index contributed by atoms with van der Waals surface area (Å²) >= 11 is 0. The Labute approximate surface area is 149 Å². The zero-order chi connectivity index (χ0) is 17.2. The molecular weight excluding hydrogens is 317 g/mol. The highest BCUT2D eigenvalue weighted by Gasteiger charge is 2.42. The summed E-state index contributed by atoms with van der Waals surface area (Å²) in [4.78, 5) is 15.1. The van der Waals surface area contributed by atoms with Gasteiger partial charge in [-0.15, -0.1) is 0 Å². The van der Waals surface area contributed by atoms with Crippen LogP contribution in [0.1, 0.15) is 57.8 Å². The number of urea groups is 1. The minimum atomic E-state index is -0.336. The van der Waals surface area contributed by atoms with E-state index in [1.807, 2.05) is 0 Å². The fourth-order valence-corrected chi connectivity index (χ4v) is 5.25. The van der Waals surface area contributed by atoms with Crippen LogP contribution in [-0.2, 0) is 0 Å². The number of nitrogens with one attached hydrogen (secondary N) is 2. The topological polar surface area (TPSA) is 44.4 Å². The van der Waals surface area contributed by atoms with E-state index in [9.17, 15) is 9.18 Å². The first-order chi connectivity index (χ1) is 12.2. The van der Waals surface area contributed by atoms with Crippen molar-refractivity contribution in [3.63, 3.8) is 0 Å². The zero-order valence-corrected chi connectivity index (χ0v) is 14.7. The molecule has 2 amide bonds. The molecule has 0 aromatic heterocycles. The normalized spacial score (nSPS) is 30.2. The van der Waals surface area contributed by atoms with Crippen LogP contribution in [0.5, 0.6) is 0 Å². The molecule has 2 heterocycles. The first-order valence-electron chi connectivity index (χ1n) is 9.79. The van der Waals surface area contributed by atoms with Crippen molar-refractivity contribution < 1.29 is 9.18 Å². The molecule has 2 atom stereocenters. The average Bonchev–Trinajstić information content (AvgIpc) is 3.08. The van der Waals surface area contributed by atoms with Gasteiger partial charge in [0.1, 0.15) is 5.82 Å². The first-order valence-corrected chi connectivity index (χ1v) is 9.79. The van der Waals surface area contributed by atoms with E-state index >= 15 is 0 Å². The third kappa shape index (κ3) is 3.81. The second-order valence-electron chi connectivity index (χ2n) is 7.90. The molecule has 4 nitrogen and oxygen atoms in total. The number of rotatable bonds is 3. The summed E-state index contributed by atoms with van der Waals surface area (Å²) in [7, 11) is 0. The highest BCUT2D eigenvalue weighted by molar-refractivity contribution is 5.89. The Morgan fingerprint density at radius 2 is 1.68 bits per heavy atom. The van der Waals surface area contributed by atoms with Crippen molar-refractivity contribution in [2.24, 2.45) is 0 Å². The van der Waals surface area contributed by atoms with E-state index < -0.39 is 0 Å². The summed E-state index contributed by atoms with van der Waals surface area (Å²) in [6.07, 6.45) is 11.4. The number of anilines is 1. The summed E-state index contributed by atoms with van der Waals surface area (Å²) in [6, 6.07) is 8.06. The van der Waals surface area contributed by atoms with Crippen LogP contribution in [0.4, 0.5) is 14.9 Å². The first kappa shape index (κ1) is 16.8. The largest absolute Gasteiger partial charge is 0.335 e. The van der Waals surface area contributed by atoms with E-state index in [4.69, 9.17) is 0 Å². The molecule has 4 rings (SSSR count). The molecule has 2 aliphatic heterocycles. The van der Waals surface area contributed by atoms with Crippen molar-refractivity contribution in [1.29, 1.82) is 0 Å². The Morgan fingerprint density at radius 1 is 1.00 bits per heavy atom. The Hall–Kier alpha value is -1.62. The zero-order valence-electron chi connectivity index (χ0n) is 14.7. The summed E-state index contributed by atoms with van der Waals surface area (Å²) < 4.78 is 13.2. The number of carbonyl (C=O) groups excluding carboxylic acids is 1. The summed E-state index contributed by atoms with van der Waals surface area (Å²) in [5, 5.41) is 5.89. The SMILES string of the molecule is O=C(Nc1cccc(F)c1)NC1CC2CCCC(C1)N2C1CCCC1. The number of amides is 2. The van der Waals surface area contributed by atoms with Gasteiger partial charge in [0.15, 0.2) is 0 Å². The number of halogens is 1. The van der Waals surface area contributed by atoms with Gasteiger partial charge in [-0.05, 0) is 56.7 Å². The molecule has 1 aromatic carbocycles. The van der Waals surface area contributed by atoms with Crippen molar-refractivity contribution in [3.05, 3.63) is 30.1 Å². The lowest BCUT2D eigenvalue weighted by Crippen LogP contribution is -2.59. The van der Waals surface area contributed by atoms with Crippen molar-refractivity contribution in [2.75, 3.05) is 5.32 Å². The van der Waals surface area contributed by atoms with Crippen molar-refractivity contribution in [2.45, 2.75) is 82.0 Å². The van der Waals surface area contributed by atoms with Crippen LogP contribution in [0.25, 0.3) is 0 Å². The Balaban J connectivity index is 1.35. The molecule has 2 saturated heterocycles. The van der Waals surface area contributed by atoms with E-state index in [0.29, 0.717) is 17.8 Å². The van der Waals surface area contributed by atoms with Gasteiger partial charge >= 0.3 is 6.03 Å². The molecule has 2 unspecified atom stereocenters. The molecule has 1 saturated carbocycles. The van der Waals surface area contributed by atoms with Crippen molar-refractivity contribution in [3.8, 4) is 0 Å². The van der Waals surface area contributed by atoms with Gasteiger partial charge < -0.3 is 10.6 Å². The van der Waals surface area contributed by atoms with Crippen molar-refractivity contribution in [1.82, 2.24) is 10.2 Å². The number of benzene rings is 1. The lowest BCUT2D eigenvalue weighted by molar-refractivity contribution is -0.00680. The van der Waals surface area contributed by atoms with Crippen LogP contribution >= 0.6 is 0 Å². The van der Waals surface area contributed by atoms with Gasteiger partial charge in [0.05, 0.1) is 0 Å². The summed E-state index contributed by atoms with van der Waals surface area (Å²) in [6.45, 7) is 0. The molecule has 0 spiro atoms. The predicted molar refractivity (Wildman–Crippen MR) is 97.1 cm³/mol. The number of hydrogen-bond donors (Lipinski definition) is 2. The monoisotopic (exact) mass is 345 g/mol. The van der Waals surface area contributed by atoms with E-state index in [2.05, 4.69) is 15.5 Å². The standard InChI is InChI=1S/C20H28FN3O/c21-14-5-3-6-15(11-14)22-20(25)23-16-12-18-9-4-10-19(13-16)24(18)17-7-1-2-8-17/h3,5-6,11,16-19H,1-2,4,7-10,12-13H2,(H2,22,23,25). The second kappa shape index (κ2) is 7.32. The summed E-state index contributed by atoms with van der Waals surface area (Å²) in [5.41, 5.74) is 0.501. The highest BCUT2D eigenvalue weighted by Crippen LogP contribution is 2.39. The van der Waals surface area contributed by atoms with Gasteiger partial charge in [-0.2, -0.15) is 0 Å². The summed E-state index contributed by atoms with van der Waals surface area (Å²) in [5.74, 6) is -0.336. The predicted octanol–water partition coefficient (Wildman–Crippen LogP) is 4.28. The molecular formula is C20H28FN3O. The Morgan fingerprint density at radius 3 is 2.36 bits per heavy atom. The van der Waals surface area contributed by atoms with Gasteiger partial charge in [0.25, 0.3) is 0 Å². The van der Waals surface area contributed by atoms with Crippen LogP contribution in [0.15, 0.2) is 24.3 Å². The van der Waals surface area contributed by atoms with E-state index in [0.717, 1.165) is 18.9 Å². The maximum Gasteiger partial charge on any atom is 0.319 e. The molecule has 3 aliphatic rings. The molecule has 5 heteroatoms. The maximum absolute atomic E-state index is 13.2. The third-order valence-electron chi connectivity index (χ3n) is 6.20. The van der Waals surface area contributed by atoms with Gasteiger partial charge in [-0.25, -0.2) is 9.18 Å². The number of carbonyl (C=O) groups is 1. The number of fused-ring (bicyclic) bond motifs is 2. The van der Waals surface area contributed by atoms with E-state index in [1.165, 1.54) is 57.1 Å². The lowest BCUT2D eigenvalue weighted by Gasteiger charge is -2.51. The Bertz CT molecular complexity index is 603. The fraction of sp³-hybridized carbons (Fsp3) is 0.650. The van der Waals surface area contributed by atoms with Gasteiger partial charge in [-0.1, -0.05) is 25.3 Å². The number of hydrogen-bond acceptors (Lipinski definition) is 2. The van der Waals surface area contributed by atoms with E-state index in [1.54, 1.807) is 12.1 Å². The quantitative estimate of drug-likeness (QED) is 0.859. The van der Waals surface area contributed by atoms with Gasteiger partial charge in [-0.3, -0.25) is 4.90 Å². The molecule has 136 valence electrons. The van der Waals surface area contributed by atoms with Gasteiger partial charge in [0.2, 0.25) is 0 Å². The van der Waals surface area contributed by atoms with Crippen molar-refractivity contribution >= 4 is 11.7 Å². The number of piperidine rings is 2. The van der Waals surface area contributed by atoms with E-state index in [-0.39, 0.29) is 17.9 Å². The minimum Gasteiger partial charge on any atom is -0.335 e. The molecule has 1 aliphatic carbocycles. The maximum atomic E-state index is 13.2. The Kier molecular flexibility index (Phi) is 4.93. The van der Waals surface area contributed by atoms with Crippen LogP contribution in [0.2, 0.25) is 0 Å². The van der Waals surface area contributed by atoms with Crippen LogP contribution in [-0.4, -0.2) is 35.1 Å². The molecule has 2 N–H and O–H groups in total. The molecule has 0 radical (unpaired) electrons. The fourth-order valence-electron chi connectivity index (χ4n) is 5.25. The van der Waals surface area contributed by atoms with Crippen LogP contribution in [0, 0.1) is 5.82 Å². The molecule has 2 bridgehead atoms. The number of nitrogens with zero attached hydrogens (tertiary/aromatic N) is 1. The second-order valence-corrected chi connectivity index (χ2v) is 7.90. The lowest BCUT2D eigenvalue weighted by atomic mass is 9.80. The van der Waals surface area contributed by atoms with Crippen LogP contribution < -0.4 is 10.6 Å². The molecule has 3 fully saturated rings. The smallest absolute Gasteiger partial charge is 0.319 e. The average molecular weight is 345 g/mol.